The van der Waals surface area contributed by atoms with Gasteiger partial charge in [0.25, 0.3) is 0 Å². The van der Waals surface area contributed by atoms with Gasteiger partial charge >= 0.3 is 0 Å². The van der Waals surface area contributed by atoms with Crippen LogP contribution in [0.25, 0.3) is 0 Å². The highest BCUT2D eigenvalue weighted by molar-refractivity contribution is 5.80. The molecule has 6 nitrogen and oxygen atoms in total. The Bertz CT molecular complexity index is 841. The third-order valence-electron chi connectivity index (χ3n) is 5.24. The number of para-hydroxylation sites is 1. The minimum absolute atomic E-state index is 0.204. The third kappa shape index (κ3) is 5.99. The summed E-state index contributed by atoms with van der Waals surface area (Å²) in [7, 11) is 1.69. The van der Waals surface area contributed by atoms with Gasteiger partial charge in [-0.2, -0.15) is 0 Å². The summed E-state index contributed by atoms with van der Waals surface area (Å²) in [6, 6.07) is 16.3. The fourth-order valence-electron chi connectivity index (χ4n) is 3.66. The lowest BCUT2D eigenvalue weighted by molar-refractivity contribution is -0.131. The Balaban J connectivity index is 1.41. The van der Waals surface area contributed by atoms with Gasteiger partial charge in [0.1, 0.15) is 5.75 Å². The second kappa shape index (κ2) is 11.2. The lowest BCUT2D eigenvalue weighted by Gasteiger charge is -2.15. The topological polar surface area (TPSA) is 66.0 Å². The normalized spacial score (nSPS) is 13.1. The Morgan fingerprint density at radius 1 is 1.07 bits per heavy atom. The molecule has 2 aromatic carbocycles. The van der Waals surface area contributed by atoms with E-state index in [0.717, 1.165) is 50.7 Å². The highest BCUT2D eigenvalue weighted by Gasteiger charge is 2.22. The van der Waals surface area contributed by atoms with E-state index >= 15 is 0 Å². The fraction of sp³-hybridized carbons (Fsp3) is 0.417. The van der Waals surface area contributed by atoms with Crippen LogP contribution in [-0.2, 0) is 24.3 Å². The van der Waals surface area contributed by atoms with Crippen LogP contribution in [0, 0.1) is 0 Å². The van der Waals surface area contributed by atoms with Gasteiger partial charge in [0, 0.05) is 39.1 Å². The molecule has 160 valence electrons. The standard InChI is InChI=1S/C24H32N4O2/c1-3-25-24(27-16-14-19-9-6-7-12-22(19)30-2)26-15-8-13-23(29)28-17-20-10-4-5-11-21(20)18-28/h4-7,9-12H,3,8,13-18H2,1-2H3,(H2,25,26,27). The van der Waals surface area contributed by atoms with E-state index in [-0.39, 0.29) is 5.91 Å². The highest BCUT2D eigenvalue weighted by Crippen LogP contribution is 2.23. The Morgan fingerprint density at radius 2 is 1.77 bits per heavy atom. The first kappa shape index (κ1) is 21.7. The molecular weight excluding hydrogens is 376 g/mol. The second-order valence-electron chi connectivity index (χ2n) is 7.37. The van der Waals surface area contributed by atoms with Crippen molar-refractivity contribution in [3.8, 4) is 5.75 Å². The maximum atomic E-state index is 12.5. The van der Waals surface area contributed by atoms with Gasteiger partial charge in [-0.25, -0.2) is 0 Å². The zero-order chi connectivity index (χ0) is 21.2. The number of hydrogen-bond acceptors (Lipinski definition) is 3. The molecular formula is C24H32N4O2. The van der Waals surface area contributed by atoms with E-state index in [4.69, 9.17) is 4.74 Å². The van der Waals surface area contributed by atoms with Gasteiger partial charge in [0.05, 0.1) is 7.11 Å². The van der Waals surface area contributed by atoms with Crippen molar-refractivity contribution in [2.45, 2.75) is 39.3 Å². The van der Waals surface area contributed by atoms with Crippen LogP contribution in [0.15, 0.2) is 53.5 Å². The summed E-state index contributed by atoms with van der Waals surface area (Å²) in [4.78, 5) is 19.1. The average molecular weight is 409 g/mol. The van der Waals surface area contributed by atoms with Crippen molar-refractivity contribution in [1.29, 1.82) is 0 Å². The van der Waals surface area contributed by atoms with Gasteiger partial charge in [0.2, 0.25) is 5.91 Å². The number of fused-ring (bicyclic) bond motifs is 1. The minimum Gasteiger partial charge on any atom is -0.496 e. The summed E-state index contributed by atoms with van der Waals surface area (Å²) < 4.78 is 5.41. The van der Waals surface area contributed by atoms with Gasteiger partial charge in [-0.1, -0.05) is 42.5 Å². The molecule has 1 aliphatic rings. The molecule has 0 radical (unpaired) electrons. The van der Waals surface area contributed by atoms with Crippen molar-refractivity contribution in [2.24, 2.45) is 4.99 Å². The summed E-state index contributed by atoms with van der Waals surface area (Å²) in [5.41, 5.74) is 3.69. The molecule has 0 bridgehead atoms. The van der Waals surface area contributed by atoms with Crippen LogP contribution in [0.3, 0.4) is 0 Å². The molecule has 0 fully saturated rings. The molecule has 2 N–H and O–H groups in total. The van der Waals surface area contributed by atoms with Crippen LogP contribution in [0.2, 0.25) is 0 Å². The van der Waals surface area contributed by atoms with Crippen LogP contribution in [0.5, 0.6) is 5.75 Å². The first-order valence-corrected chi connectivity index (χ1v) is 10.7. The Hall–Kier alpha value is -3.02. The number of amides is 1. The second-order valence-corrected chi connectivity index (χ2v) is 7.37. The number of benzene rings is 2. The predicted molar refractivity (Wildman–Crippen MR) is 121 cm³/mol. The number of methoxy groups -OCH3 is 1. The highest BCUT2D eigenvalue weighted by atomic mass is 16.5. The molecule has 2 aromatic rings. The number of nitrogens with one attached hydrogen (secondary N) is 2. The number of carbonyl (C=O) groups is 1. The Kier molecular flexibility index (Phi) is 8.12. The van der Waals surface area contributed by atoms with Gasteiger partial charge in [0.15, 0.2) is 5.96 Å². The Morgan fingerprint density at radius 3 is 2.47 bits per heavy atom. The number of hydrogen-bond donors (Lipinski definition) is 2. The SMILES string of the molecule is CCNC(=NCCCC(=O)N1Cc2ccccc2C1)NCCc1ccccc1OC. The molecule has 0 aromatic heterocycles. The van der Waals surface area contributed by atoms with Crippen molar-refractivity contribution in [3.05, 3.63) is 65.2 Å². The minimum atomic E-state index is 0.204. The number of rotatable bonds is 9. The molecule has 1 amide bonds. The summed E-state index contributed by atoms with van der Waals surface area (Å²) in [6.45, 7) is 5.68. The van der Waals surface area contributed by atoms with Crippen molar-refractivity contribution >= 4 is 11.9 Å². The van der Waals surface area contributed by atoms with Crippen molar-refractivity contribution < 1.29 is 9.53 Å². The van der Waals surface area contributed by atoms with E-state index < -0.39 is 0 Å². The first-order chi connectivity index (χ1) is 14.7. The van der Waals surface area contributed by atoms with E-state index in [0.29, 0.717) is 13.0 Å². The number of carbonyl (C=O) groups excluding carboxylic acids is 1. The number of ether oxygens (including phenoxy) is 1. The van der Waals surface area contributed by atoms with E-state index in [2.05, 4.69) is 33.8 Å². The van der Waals surface area contributed by atoms with Gasteiger partial charge in [-0.15, -0.1) is 0 Å². The molecule has 1 aliphatic heterocycles. The van der Waals surface area contributed by atoms with Crippen molar-refractivity contribution in [2.75, 3.05) is 26.7 Å². The molecule has 0 atom stereocenters. The fourth-order valence-corrected chi connectivity index (χ4v) is 3.66. The molecule has 0 saturated carbocycles. The molecule has 0 aliphatic carbocycles. The van der Waals surface area contributed by atoms with Crippen molar-refractivity contribution in [1.82, 2.24) is 15.5 Å². The maximum absolute atomic E-state index is 12.5. The molecule has 0 saturated heterocycles. The van der Waals surface area contributed by atoms with Crippen LogP contribution in [0.4, 0.5) is 0 Å². The van der Waals surface area contributed by atoms with Crippen LogP contribution in [0.1, 0.15) is 36.5 Å². The zero-order valence-electron chi connectivity index (χ0n) is 18.0. The third-order valence-corrected chi connectivity index (χ3v) is 5.24. The summed E-state index contributed by atoms with van der Waals surface area (Å²) in [5.74, 6) is 1.90. The van der Waals surface area contributed by atoms with Gasteiger partial charge in [-0.05, 0) is 42.5 Å². The Labute approximate surface area is 179 Å². The number of nitrogens with zero attached hydrogens (tertiary/aromatic N) is 2. The molecule has 30 heavy (non-hydrogen) atoms. The zero-order valence-corrected chi connectivity index (χ0v) is 18.0. The van der Waals surface area contributed by atoms with Crippen LogP contribution >= 0.6 is 0 Å². The monoisotopic (exact) mass is 408 g/mol. The smallest absolute Gasteiger partial charge is 0.223 e. The predicted octanol–water partition coefficient (Wildman–Crippen LogP) is 3.12. The van der Waals surface area contributed by atoms with E-state index in [1.54, 1.807) is 7.11 Å². The molecule has 0 spiro atoms. The van der Waals surface area contributed by atoms with Gasteiger partial charge in [-0.3, -0.25) is 9.79 Å². The van der Waals surface area contributed by atoms with Crippen LogP contribution < -0.4 is 15.4 Å². The summed E-state index contributed by atoms with van der Waals surface area (Å²) in [5, 5.41) is 6.63. The maximum Gasteiger partial charge on any atom is 0.223 e. The number of aliphatic imine (C=N–C) groups is 1. The lowest BCUT2D eigenvalue weighted by atomic mass is 10.1. The summed E-state index contributed by atoms with van der Waals surface area (Å²) in [6.07, 6.45) is 2.12. The average Bonchev–Trinajstić information content (AvgIpc) is 3.21. The lowest BCUT2D eigenvalue weighted by Crippen LogP contribution is -2.38. The largest absolute Gasteiger partial charge is 0.496 e. The first-order valence-electron chi connectivity index (χ1n) is 10.7. The van der Waals surface area contributed by atoms with Crippen molar-refractivity contribution in [3.63, 3.8) is 0 Å². The molecule has 1 heterocycles. The molecule has 3 rings (SSSR count). The molecule has 6 heteroatoms. The van der Waals surface area contributed by atoms with E-state index in [1.165, 1.54) is 16.7 Å². The summed E-state index contributed by atoms with van der Waals surface area (Å²) >= 11 is 0. The quantitative estimate of drug-likeness (QED) is 0.380. The van der Waals surface area contributed by atoms with Crippen LogP contribution in [-0.4, -0.2) is 43.5 Å². The van der Waals surface area contributed by atoms with Gasteiger partial charge < -0.3 is 20.3 Å². The molecule has 0 unspecified atom stereocenters. The van der Waals surface area contributed by atoms with E-state index in [9.17, 15) is 4.79 Å². The van der Waals surface area contributed by atoms with E-state index in [1.807, 2.05) is 42.2 Å². The number of guanidine groups is 1.